The molecule has 1 unspecified atom stereocenters. The number of nitrogens with zero attached hydrogens (tertiary/aromatic N) is 1. The molecule has 1 aromatic rings. The fourth-order valence-corrected chi connectivity index (χ4v) is 3.22. The predicted molar refractivity (Wildman–Crippen MR) is 83.2 cm³/mol. The van der Waals surface area contributed by atoms with E-state index in [1.165, 1.54) is 6.20 Å². The van der Waals surface area contributed by atoms with Crippen molar-refractivity contribution >= 4 is 45.1 Å². The van der Waals surface area contributed by atoms with Gasteiger partial charge < -0.3 is 10.4 Å². The predicted octanol–water partition coefficient (Wildman–Crippen LogP) is 3.57. The summed E-state index contributed by atoms with van der Waals surface area (Å²) in [6, 6.07) is 1.65. The molecule has 0 radical (unpaired) electrons. The second-order valence-corrected chi connectivity index (χ2v) is 6.50. The highest BCUT2D eigenvalue weighted by Gasteiger charge is 2.42. The summed E-state index contributed by atoms with van der Waals surface area (Å²) in [6.45, 7) is 2.02. The smallest absolute Gasteiger partial charge is 0.307 e. The first-order valence-electron chi connectivity index (χ1n) is 6.77. The van der Waals surface area contributed by atoms with Gasteiger partial charge in [-0.2, -0.15) is 0 Å². The molecule has 5 nitrogen and oxygen atoms in total. The van der Waals surface area contributed by atoms with Gasteiger partial charge in [0.25, 0.3) is 0 Å². The molecule has 0 aliphatic heterocycles. The van der Waals surface area contributed by atoms with Crippen LogP contribution < -0.4 is 5.32 Å². The minimum Gasteiger partial charge on any atom is -0.481 e. The molecule has 114 valence electrons. The largest absolute Gasteiger partial charge is 0.481 e. The van der Waals surface area contributed by atoms with Gasteiger partial charge in [0.2, 0.25) is 5.91 Å². The first kappa shape index (κ1) is 16.2. The summed E-state index contributed by atoms with van der Waals surface area (Å²) >= 11 is 9.03. The number of carbonyl (C=O) groups excluding carboxylic acids is 1. The van der Waals surface area contributed by atoms with Crippen molar-refractivity contribution in [3.8, 4) is 0 Å². The first-order chi connectivity index (χ1) is 9.92. The van der Waals surface area contributed by atoms with Gasteiger partial charge in [-0.05, 0) is 40.8 Å². The van der Waals surface area contributed by atoms with Gasteiger partial charge >= 0.3 is 5.97 Å². The maximum Gasteiger partial charge on any atom is 0.307 e. The van der Waals surface area contributed by atoms with Crippen molar-refractivity contribution in [3.05, 3.63) is 21.9 Å². The van der Waals surface area contributed by atoms with Crippen LogP contribution in [0.25, 0.3) is 0 Å². The molecule has 7 heteroatoms. The molecule has 1 fully saturated rings. The minimum absolute atomic E-state index is 0.269. The Labute approximate surface area is 136 Å². The number of rotatable bonds is 4. The number of carboxylic acids is 1. The van der Waals surface area contributed by atoms with Crippen molar-refractivity contribution in [2.75, 3.05) is 5.32 Å². The summed E-state index contributed by atoms with van der Waals surface area (Å²) in [4.78, 5) is 27.6. The van der Waals surface area contributed by atoms with Crippen LogP contribution in [0.5, 0.6) is 0 Å². The lowest BCUT2D eigenvalue weighted by atomic mass is 9.95. The molecule has 1 aromatic heterocycles. The second kappa shape index (κ2) is 6.75. The van der Waals surface area contributed by atoms with Crippen molar-refractivity contribution in [1.82, 2.24) is 4.98 Å². The van der Waals surface area contributed by atoms with E-state index in [9.17, 15) is 14.7 Å². The first-order valence-corrected chi connectivity index (χ1v) is 7.94. The van der Waals surface area contributed by atoms with Crippen molar-refractivity contribution < 1.29 is 14.7 Å². The quantitative estimate of drug-likeness (QED) is 0.788. The van der Waals surface area contributed by atoms with Crippen LogP contribution in [0.15, 0.2) is 16.7 Å². The fraction of sp³-hybridized carbons (Fsp3) is 0.500. The third kappa shape index (κ3) is 3.74. The van der Waals surface area contributed by atoms with Gasteiger partial charge in [0.1, 0.15) is 5.15 Å². The topological polar surface area (TPSA) is 79.3 Å². The highest BCUT2D eigenvalue weighted by molar-refractivity contribution is 9.10. The van der Waals surface area contributed by atoms with E-state index in [-0.39, 0.29) is 11.8 Å². The van der Waals surface area contributed by atoms with Crippen LogP contribution in [0.4, 0.5) is 5.69 Å². The van der Waals surface area contributed by atoms with Crippen LogP contribution >= 0.6 is 27.5 Å². The molecule has 1 amide bonds. The van der Waals surface area contributed by atoms with Gasteiger partial charge in [-0.15, -0.1) is 0 Å². The molecule has 0 aromatic carbocycles. The summed E-state index contributed by atoms with van der Waals surface area (Å²) < 4.78 is 0.578. The lowest BCUT2D eigenvalue weighted by Gasteiger charge is -2.15. The van der Waals surface area contributed by atoms with Gasteiger partial charge in [0, 0.05) is 0 Å². The maximum absolute atomic E-state index is 12.3. The van der Waals surface area contributed by atoms with E-state index in [2.05, 4.69) is 26.2 Å². The molecular formula is C14H16BrClN2O3. The number of pyridine rings is 1. The number of nitrogens with one attached hydrogen (secondary N) is 1. The average molecular weight is 376 g/mol. The van der Waals surface area contributed by atoms with Crippen LogP contribution in [0, 0.1) is 17.8 Å². The SMILES string of the molecule is CCC1C[C@H](C(=O)Nc2cnc(Cl)c(Br)c2)[C@H](C(=O)O)C1. The van der Waals surface area contributed by atoms with Crippen LogP contribution in [0.2, 0.25) is 5.15 Å². The van der Waals surface area contributed by atoms with Crippen LogP contribution in [-0.4, -0.2) is 22.0 Å². The lowest BCUT2D eigenvalue weighted by molar-refractivity contribution is -0.145. The van der Waals surface area contributed by atoms with E-state index >= 15 is 0 Å². The van der Waals surface area contributed by atoms with E-state index < -0.39 is 17.8 Å². The van der Waals surface area contributed by atoms with E-state index in [1.54, 1.807) is 6.07 Å². The molecule has 2 N–H and O–H groups in total. The molecule has 21 heavy (non-hydrogen) atoms. The van der Waals surface area contributed by atoms with Gasteiger partial charge in [0.15, 0.2) is 0 Å². The molecule has 1 aliphatic carbocycles. The zero-order chi connectivity index (χ0) is 15.6. The number of carboxylic acid groups (broad SMARTS) is 1. The summed E-state index contributed by atoms with van der Waals surface area (Å²) in [5, 5.41) is 12.3. The highest BCUT2D eigenvalue weighted by atomic mass is 79.9. The van der Waals surface area contributed by atoms with Crippen molar-refractivity contribution in [3.63, 3.8) is 0 Å². The molecule has 0 spiro atoms. The van der Waals surface area contributed by atoms with E-state index in [0.29, 0.717) is 28.2 Å². The minimum atomic E-state index is -0.901. The van der Waals surface area contributed by atoms with Crippen LogP contribution in [-0.2, 0) is 9.59 Å². The van der Waals surface area contributed by atoms with Crippen molar-refractivity contribution in [1.29, 1.82) is 0 Å². The maximum atomic E-state index is 12.3. The number of halogens is 2. The molecular weight excluding hydrogens is 360 g/mol. The molecule has 2 rings (SSSR count). The Morgan fingerprint density at radius 1 is 1.48 bits per heavy atom. The highest BCUT2D eigenvalue weighted by Crippen LogP contribution is 2.39. The number of carbonyl (C=O) groups is 2. The third-order valence-electron chi connectivity index (χ3n) is 3.96. The van der Waals surface area contributed by atoms with Crippen molar-refractivity contribution in [2.45, 2.75) is 26.2 Å². The average Bonchev–Trinajstić information content (AvgIpc) is 2.87. The Morgan fingerprint density at radius 3 is 2.71 bits per heavy atom. The Morgan fingerprint density at radius 2 is 2.14 bits per heavy atom. The fourth-order valence-electron chi connectivity index (χ4n) is 2.76. The summed E-state index contributed by atoms with van der Waals surface area (Å²) in [6.07, 6.45) is 3.52. The number of amides is 1. The van der Waals surface area contributed by atoms with Crippen LogP contribution in [0.1, 0.15) is 26.2 Å². The molecule has 0 saturated heterocycles. The van der Waals surface area contributed by atoms with Crippen molar-refractivity contribution in [2.24, 2.45) is 17.8 Å². The Bertz CT molecular complexity index is 567. The van der Waals surface area contributed by atoms with E-state index in [4.69, 9.17) is 11.6 Å². The third-order valence-corrected chi connectivity index (χ3v) is 5.09. The second-order valence-electron chi connectivity index (χ2n) is 5.28. The van der Waals surface area contributed by atoms with Crippen LogP contribution in [0.3, 0.4) is 0 Å². The zero-order valence-corrected chi connectivity index (χ0v) is 13.8. The summed E-state index contributed by atoms with van der Waals surface area (Å²) in [5.41, 5.74) is 0.500. The zero-order valence-electron chi connectivity index (χ0n) is 11.5. The normalized spacial score (nSPS) is 24.8. The number of aromatic nitrogens is 1. The molecule has 1 saturated carbocycles. The number of aliphatic carboxylic acids is 1. The molecule has 3 atom stereocenters. The van der Waals surface area contributed by atoms with E-state index in [1.807, 2.05) is 6.92 Å². The standard InChI is InChI=1S/C14H16BrClN2O3/c1-2-7-3-9(10(4-7)14(20)21)13(19)18-8-5-11(15)12(16)17-6-8/h5-7,9-10H,2-4H2,1H3,(H,18,19)(H,20,21)/t7?,9-,10+/m0/s1. The van der Waals surface area contributed by atoms with Gasteiger partial charge in [-0.25, -0.2) is 4.98 Å². The monoisotopic (exact) mass is 374 g/mol. The van der Waals surface area contributed by atoms with Gasteiger partial charge in [-0.1, -0.05) is 24.9 Å². The number of anilines is 1. The van der Waals surface area contributed by atoms with Gasteiger partial charge in [-0.3, -0.25) is 9.59 Å². The number of hydrogen-bond donors (Lipinski definition) is 2. The Kier molecular flexibility index (Phi) is 5.22. The Balaban J connectivity index is 2.11. The summed E-state index contributed by atoms with van der Waals surface area (Å²) in [5.74, 6) is -1.99. The molecule has 1 heterocycles. The molecule has 0 bridgehead atoms. The molecule has 1 aliphatic rings. The summed E-state index contributed by atoms with van der Waals surface area (Å²) in [7, 11) is 0. The van der Waals surface area contributed by atoms with Gasteiger partial charge in [0.05, 0.1) is 28.2 Å². The number of hydrogen-bond acceptors (Lipinski definition) is 3. The van der Waals surface area contributed by atoms with E-state index in [0.717, 1.165) is 6.42 Å². The Hall–Kier alpha value is -1.14. The lowest BCUT2D eigenvalue weighted by Crippen LogP contribution is -2.30.